The van der Waals surface area contributed by atoms with Gasteiger partial charge in [0.05, 0.1) is 0 Å². The largest absolute Gasteiger partial charge is 0.330 e. The Hall–Kier alpha value is -0.0800. The first-order chi connectivity index (χ1) is 9.83. The van der Waals surface area contributed by atoms with Crippen molar-refractivity contribution >= 4 is 0 Å². The fourth-order valence-electron chi connectivity index (χ4n) is 4.74. The Bertz CT molecular complexity index is 268. The van der Waals surface area contributed by atoms with Gasteiger partial charge in [-0.1, -0.05) is 38.5 Å². The molecule has 20 heavy (non-hydrogen) atoms. The average molecular weight is 278 g/mol. The SMILES string of the molecule is NCCC1(CN(C2CCCCC2)C2CCCCC2)CC1. The summed E-state index contributed by atoms with van der Waals surface area (Å²) < 4.78 is 0. The lowest BCUT2D eigenvalue weighted by molar-refractivity contribution is 0.0577. The van der Waals surface area contributed by atoms with E-state index in [1.807, 2.05) is 0 Å². The normalized spacial score (nSPS) is 27.9. The van der Waals surface area contributed by atoms with Gasteiger partial charge in [-0.15, -0.1) is 0 Å². The molecule has 0 heterocycles. The summed E-state index contributed by atoms with van der Waals surface area (Å²) in [5.41, 5.74) is 6.50. The van der Waals surface area contributed by atoms with Gasteiger partial charge in [0.1, 0.15) is 0 Å². The fourth-order valence-corrected chi connectivity index (χ4v) is 4.74. The first kappa shape index (κ1) is 14.8. The zero-order valence-corrected chi connectivity index (χ0v) is 13.3. The van der Waals surface area contributed by atoms with Gasteiger partial charge in [-0.05, 0) is 56.9 Å². The molecule has 0 aromatic heterocycles. The van der Waals surface area contributed by atoms with E-state index in [2.05, 4.69) is 4.90 Å². The van der Waals surface area contributed by atoms with Gasteiger partial charge < -0.3 is 5.73 Å². The minimum atomic E-state index is 0.629. The van der Waals surface area contributed by atoms with Crippen LogP contribution in [0.2, 0.25) is 0 Å². The Labute approximate surface area is 125 Å². The molecule has 0 spiro atoms. The maximum atomic E-state index is 5.87. The Balaban J connectivity index is 1.65. The van der Waals surface area contributed by atoms with Crippen LogP contribution in [0.5, 0.6) is 0 Å². The molecule has 3 aliphatic carbocycles. The number of rotatable bonds is 6. The molecule has 3 saturated carbocycles. The second-order valence-electron chi connectivity index (χ2n) is 7.79. The first-order valence-corrected chi connectivity index (χ1v) is 9.29. The first-order valence-electron chi connectivity index (χ1n) is 9.29. The summed E-state index contributed by atoms with van der Waals surface area (Å²) in [7, 11) is 0. The van der Waals surface area contributed by atoms with Crippen LogP contribution in [0.25, 0.3) is 0 Å². The van der Waals surface area contributed by atoms with E-state index in [4.69, 9.17) is 5.73 Å². The van der Waals surface area contributed by atoms with Crippen molar-refractivity contribution in [2.45, 2.75) is 95.6 Å². The van der Waals surface area contributed by atoms with Crippen LogP contribution in [0.1, 0.15) is 83.5 Å². The summed E-state index contributed by atoms with van der Waals surface area (Å²) in [4.78, 5) is 2.99. The van der Waals surface area contributed by atoms with Crippen molar-refractivity contribution in [3.05, 3.63) is 0 Å². The van der Waals surface area contributed by atoms with E-state index in [0.29, 0.717) is 5.41 Å². The van der Waals surface area contributed by atoms with E-state index < -0.39 is 0 Å². The molecule has 0 saturated heterocycles. The lowest BCUT2D eigenvalue weighted by Crippen LogP contribution is -2.48. The highest BCUT2D eigenvalue weighted by atomic mass is 15.2. The maximum Gasteiger partial charge on any atom is 0.00984 e. The van der Waals surface area contributed by atoms with Crippen molar-refractivity contribution in [3.63, 3.8) is 0 Å². The van der Waals surface area contributed by atoms with Crippen molar-refractivity contribution < 1.29 is 0 Å². The van der Waals surface area contributed by atoms with Crippen molar-refractivity contribution in [1.29, 1.82) is 0 Å². The molecule has 2 N–H and O–H groups in total. The monoisotopic (exact) mass is 278 g/mol. The number of nitrogens with zero attached hydrogens (tertiary/aromatic N) is 1. The van der Waals surface area contributed by atoms with E-state index >= 15 is 0 Å². The van der Waals surface area contributed by atoms with Gasteiger partial charge in [0.25, 0.3) is 0 Å². The van der Waals surface area contributed by atoms with Crippen molar-refractivity contribution in [2.24, 2.45) is 11.1 Å². The molecule has 0 amide bonds. The molecule has 0 aliphatic heterocycles. The fraction of sp³-hybridized carbons (Fsp3) is 1.00. The van der Waals surface area contributed by atoms with Gasteiger partial charge in [-0.25, -0.2) is 0 Å². The molecule has 2 nitrogen and oxygen atoms in total. The zero-order valence-electron chi connectivity index (χ0n) is 13.3. The molecule has 116 valence electrons. The van der Waals surface area contributed by atoms with Gasteiger partial charge in [0.2, 0.25) is 0 Å². The molecular weight excluding hydrogens is 244 g/mol. The minimum Gasteiger partial charge on any atom is -0.330 e. The van der Waals surface area contributed by atoms with E-state index in [1.54, 1.807) is 0 Å². The number of hydrogen-bond donors (Lipinski definition) is 1. The Morgan fingerprint density at radius 3 is 1.70 bits per heavy atom. The summed E-state index contributed by atoms with van der Waals surface area (Å²) in [5, 5.41) is 0. The lowest BCUT2D eigenvalue weighted by atomic mass is 9.87. The average Bonchev–Trinajstić information content (AvgIpc) is 3.27. The Kier molecular flexibility index (Phi) is 5.04. The maximum absolute atomic E-state index is 5.87. The predicted molar refractivity (Wildman–Crippen MR) is 85.8 cm³/mol. The van der Waals surface area contributed by atoms with Crippen LogP contribution >= 0.6 is 0 Å². The molecule has 0 aromatic rings. The molecular formula is C18H34N2. The molecule has 0 atom stereocenters. The highest BCUT2D eigenvalue weighted by Gasteiger charge is 2.45. The quantitative estimate of drug-likeness (QED) is 0.793. The second kappa shape index (κ2) is 6.79. The number of hydrogen-bond acceptors (Lipinski definition) is 2. The van der Waals surface area contributed by atoms with E-state index in [0.717, 1.165) is 18.6 Å². The minimum absolute atomic E-state index is 0.629. The summed E-state index contributed by atoms with van der Waals surface area (Å²) in [6, 6.07) is 1.81. The van der Waals surface area contributed by atoms with Crippen molar-refractivity contribution in [2.75, 3.05) is 13.1 Å². The third kappa shape index (κ3) is 3.57. The van der Waals surface area contributed by atoms with E-state index in [1.165, 1.54) is 90.0 Å². The van der Waals surface area contributed by atoms with Gasteiger partial charge >= 0.3 is 0 Å². The zero-order chi connectivity index (χ0) is 13.8. The smallest absolute Gasteiger partial charge is 0.00984 e. The van der Waals surface area contributed by atoms with Crippen molar-refractivity contribution in [3.8, 4) is 0 Å². The Morgan fingerprint density at radius 2 is 1.30 bits per heavy atom. The molecule has 3 aliphatic rings. The molecule has 3 fully saturated rings. The summed E-state index contributed by atoms with van der Waals surface area (Å²) in [5.74, 6) is 0. The van der Waals surface area contributed by atoms with Crippen LogP contribution in [0.4, 0.5) is 0 Å². The molecule has 2 heteroatoms. The standard InChI is InChI=1S/C18H34N2/c19-14-13-18(11-12-18)15-20(16-7-3-1-4-8-16)17-9-5-2-6-10-17/h16-17H,1-15,19H2. The second-order valence-corrected chi connectivity index (χ2v) is 7.79. The molecule has 3 rings (SSSR count). The van der Waals surface area contributed by atoms with E-state index in [-0.39, 0.29) is 0 Å². The molecule has 0 aromatic carbocycles. The number of nitrogens with two attached hydrogens (primary N) is 1. The topological polar surface area (TPSA) is 29.3 Å². The van der Waals surface area contributed by atoms with Gasteiger partial charge in [0.15, 0.2) is 0 Å². The van der Waals surface area contributed by atoms with Crippen LogP contribution in [0, 0.1) is 5.41 Å². The van der Waals surface area contributed by atoms with Gasteiger partial charge in [0, 0.05) is 18.6 Å². The van der Waals surface area contributed by atoms with Crippen LogP contribution in [-0.4, -0.2) is 30.1 Å². The molecule has 0 bridgehead atoms. The van der Waals surface area contributed by atoms with Crippen LogP contribution in [-0.2, 0) is 0 Å². The highest BCUT2D eigenvalue weighted by Crippen LogP contribution is 2.50. The Morgan fingerprint density at radius 1 is 0.800 bits per heavy atom. The van der Waals surface area contributed by atoms with Crippen LogP contribution in [0.3, 0.4) is 0 Å². The molecule has 0 unspecified atom stereocenters. The highest BCUT2D eigenvalue weighted by molar-refractivity contribution is 4.98. The third-order valence-electron chi connectivity index (χ3n) is 6.24. The van der Waals surface area contributed by atoms with Crippen LogP contribution < -0.4 is 5.73 Å². The third-order valence-corrected chi connectivity index (χ3v) is 6.24. The van der Waals surface area contributed by atoms with E-state index in [9.17, 15) is 0 Å². The predicted octanol–water partition coefficient (Wildman–Crippen LogP) is 4.08. The van der Waals surface area contributed by atoms with Crippen LogP contribution in [0.15, 0.2) is 0 Å². The van der Waals surface area contributed by atoms with Gasteiger partial charge in [-0.3, -0.25) is 4.90 Å². The lowest BCUT2D eigenvalue weighted by Gasteiger charge is -2.43. The van der Waals surface area contributed by atoms with Crippen molar-refractivity contribution in [1.82, 2.24) is 4.90 Å². The summed E-state index contributed by atoms with van der Waals surface area (Å²) in [6.45, 7) is 2.27. The molecule has 0 radical (unpaired) electrons. The summed E-state index contributed by atoms with van der Waals surface area (Å²) in [6.07, 6.45) is 18.9. The van der Waals surface area contributed by atoms with Gasteiger partial charge in [-0.2, -0.15) is 0 Å². The summed E-state index contributed by atoms with van der Waals surface area (Å²) >= 11 is 0.